The molecule has 0 aliphatic carbocycles. The predicted octanol–water partition coefficient (Wildman–Crippen LogP) is 2.76. The molecule has 2 heteroatoms. The van der Waals surface area contributed by atoms with E-state index in [1.165, 1.54) is 0 Å². The molecule has 0 spiro atoms. The van der Waals surface area contributed by atoms with Crippen LogP contribution in [-0.2, 0) is 4.74 Å². The van der Waals surface area contributed by atoms with Crippen molar-refractivity contribution in [2.24, 2.45) is 0 Å². The molecule has 1 unspecified atom stereocenters. The van der Waals surface area contributed by atoms with Crippen molar-refractivity contribution in [1.29, 1.82) is 0 Å². The average Bonchev–Trinajstić information content (AvgIpc) is 1.86. The summed E-state index contributed by atoms with van der Waals surface area (Å²) in [6, 6.07) is 0. The minimum atomic E-state index is -0.0747. The first kappa shape index (κ1) is 10.7. The molecule has 0 saturated heterocycles. The van der Waals surface area contributed by atoms with Crippen molar-refractivity contribution >= 4 is 11.6 Å². The first-order chi connectivity index (χ1) is 5.04. The van der Waals surface area contributed by atoms with Crippen LogP contribution < -0.4 is 0 Å². The molecular formula is C9H15ClO. The van der Waals surface area contributed by atoms with Gasteiger partial charge in [-0.05, 0) is 13.8 Å². The average molecular weight is 175 g/mol. The van der Waals surface area contributed by atoms with Gasteiger partial charge in [-0.1, -0.05) is 24.3 Å². The molecule has 0 bridgehead atoms. The zero-order valence-electron chi connectivity index (χ0n) is 7.19. The molecule has 0 aromatic carbocycles. The van der Waals surface area contributed by atoms with Crippen molar-refractivity contribution < 1.29 is 4.74 Å². The summed E-state index contributed by atoms with van der Waals surface area (Å²) in [4.78, 5) is 0. The molecule has 0 N–H and O–H groups in total. The summed E-state index contributed by atoms with van der Waals surface area (Å²) < 4.78 is 5.23. The largest absolute Gasteiger partial charge is 0.375 e. The summed E-state index contributed by atoms with van der Waals surface area (Å²) in [6.07, 6.45) is 0. The second-order valence-electron chi connectivity index (χ2n) is 2.79. The van der Waals surface area contributed by atoms with Crippen molar-refractivity contribution in [3.05, 3.63) is 24.3 Å². The highest BCUT2D eigenvalue weighted by Gasteiger charge is 2.03. The lowest BCUT2D eigenvalue weighted by Crippen LogP contribution is -2.10. The molecule has 0 fully saturated rings. The highest BCUT2D eigenvalue weighted by atomic mass is 35.5. The lowest BCUT2D eigenvalue weighted by atomic mass is 10.2. The number of rotatable bonds is 5. The van der Waals surface area contributed by atoms with E-state index in [9.17, 15) is 0 Å². The first-order valence-electron chi connectivity index (χ1n) is 3.55. The number of halogens is 1. The second-order valence-corrected chi connectivity index (χ2v) is 3.31. The van der Waals surface area contributed by atoms with Crippen molar-refractivity contribution in [2.75, 3.05) is 13.2 Å². The van der Waals surface area contributed by atoms with Crippen LogP contribution in [0.15, 0.2) is 24.3 Å². The van der Waals surface area contributed by atoms with Gasteiger partial charge in [0.15, 0.2) is 0 Å². The van der Waals surface area contributed by atoms with Gasteiger partial charge >= 0.3 is 0 Å². The highest BCUT2D eigenvalue weighted by molar-refractivity contribution is 6.22. The minimum Gasteiger partial charge on any atom is -0.375 e. The van der Waals surface area contributed by atoms with E-state index in [1.54, 1.807) is 0 Å². The Hall–Kier alpha value is -0.270. The van der Waals surface area contributed by atoms with Crippen LogP contribution in [0.1, 0.15) is 13.8 Å². The van der Waals surface area contributed by atoms with Crippen LogP contribution in [0.5, 0.6) is 0 Å². The Morgan fingerprint density at radius 2 is 2.00 bits per heavy atom. The van der Waals surface area contributed by atoms with E-state index in [4.69, 9.17) is 16.3 Å². The van der Waals surface area contributed by atoms with Gasteiger partial charge < -0.3 is 4.74 Å². The molecule has 64 valence electrons. The molecule has 0 saturated carbocycles. The van der Waals surface area contributed by atoms with E-state index in [2.05, 4.69) is 13.2 Å². The monoisotopic (exact) mass is 174 g/mol. The fraction of sp³-hybridized carbons (Fsp3) is 0.556. The lowest BCUT2D eigenvalue weighted by Gasteiger charge is -2.09. The lowest BCUT2D eigenvalue weighted by molar-refractivity contribution is 0.161. The summed E-state index contributed by atoms with van der Waals surface area (Å²) in [6.45, 7) is 12.3. The summed E-state index contributed by atoms with van der Waals surface area (Å²) in [5.74, 6) is 0. The van der Waals surface area contributed by atoms with Crippen molar-refractivity contribution in [3.63, 3.8) is 0 Å². The Balaban J connectivity index is 3.39. The van der Waals surface area contributed by atoms with E-state index >= 15 is 0 Å². The molecule has 0 radical (unpaired) electrons. The Labute approximate surface area is 73.7 Å². The maximum Gasteiger partial charge on any atom is 0.0774 e. The highest BCUT2D eigenvalue weighted by Crippen LogP contribution is 2.07. The van der Waals surface area contributed by atoms with Gasteiger partial charge in [0.05, 0.1) is 18.6 Å². The molecule has 11 heavy (non-hydrogen) atoms. The fourth-order valence-corrected chi connectivity index (χ4v) is 0.568. The summed E-state index contributed by atoms with van der Waals surface area (Å²) in [7, 11) is 0. The summed E-state index contributed by atoms with van der Waals surface area (Å²) >= 11 is 5.84. The van der Waals surface area contributed by atoms with E-state index in [-0.39, 0.29) is 5.38 Å². The Morgan fingerprint density at radius 1 is 1.45 bits per heavy atom. The van der Waals surface area contributed by atoms with Gasteiger partial charge in [0.1, 0.15) is 0 Å². The Morgan fingerprint density at radius 3 is 2.36 bits per heavy atom. The third-order valence-electron chi connectivity index (χ3n) is 1.15. The topological polar surface area (TPSA) is 9.23 Å². The maximum absolute atomic E-state index is 5.84. The molecule has 0 aliphatic heterocycles. The van der Waals surface area contributed by atoms with E-state index in [0.717, 1.165) is 11.1 Å². The van der Waals surface area contributed by atoms with Gasteiger partial charge in [0.2, 0.25) is 0 Å². The Bertz CT molecular complexity index is 152. The number of ether oxygens (including phenoxy) is 1. The van der Waals surface area contributed by atoms with Gasteiger partial charge in [-0.15, -0.1) is 11.6 Å². The molecule has 1 atom stereocenters. The third-order valence-corrected chi connectivity index (χ3v) is 1.65. The standard InChI is InChI=1S/C9H15ClO/c1-7(2)5-11-6-9(10)8(3)4/h9H,1,3,5-6H2,2,4H3. The van der Waals surface area contributed by atoms with Crippen molar-refractivity contribution in [3.8, 4) is 0 Å². The van der Waals surface area contributed by atoms with Crippen LogP contribution in [0.2, 0.25) is 0 Å². The van der Waals surface area contributed by atoms with Crippen molar-refractivity contribution in [2.45, 2.75) is 19.2 Å². The summed E-state index contributed by atoms with van der Waals surface area (Å²) in [5.41, 5.74) is 1.95. The number of hydrogen-bond donors (Lipinski definition) is 0. The van der Waals surface area contributed by atoms with Crippen LogP contribution in [0.3, 0.4) is 0 Å². The normalized spacial score (nSPS) is 12.6. The minimum absolute atomic E-state index is 0.0747. The van der Waals surface area contributed by atoms with Gasteiger partial charge in [-0.25, -0.2) is 0 Å². The molecular weight excluding hydrogens is 160 g/mol. The molecule has 0 amide bonds. The molecule has 0 aromatic heterocycles. The van der Waals surface area contributed by atoms with E-state index in [0.29, 0.717) is 13.2 Å². The first-order valence-corrected chi connectivity index (χ1v) is 3.99. The van der Waals surface area contributed by atoms with Gasteiger partial charge in [0, 0.05) is 0 Å². The van der Waals surface area contributed by atoms with Crippen molar-refractivity contribution in [1.82, 2.24) is 0 Å². The third kappa shape index (κ3) is 6.14. The van der Waals surface area contributed by atoms with Crippen LogP contribution in [0, 0.1) is 0 Å². The predicted molar refractivity (Wildman–Crippen MR) is 50.1 cm³/mol. The van der Waals surface area contributed by atoms with Gasteiger partial charge in [-0.3, -0.25) is 0 Å². The van der Waals surface area contributed by atoms with E-state index in [1.807, 2.05) is 13.8 Å². The molecule has 0 rings (SSSR count). The van der Waals surface area contributed by atoms with Crippen LogP contribution >= 0.6 is 11.6 Å². The van der Waals surface area contributed by atoms with Gasteiger partial charge in [0.25, 0.3) is 0 Å². The molecule has 1 nitrogen and oxygen atoms in total. The second kappa shape index (κ2) is 5.39. The molecule has 0 heterocycles. The van der Waals surface area contributed by atoms with Crippen LogP contribution in [-0.4, -0.2) is 18.6 Å². The van der Waals surface area contributed by atoms with Crippen LogP contribution in [0.25, 0.3) is 0 Å². The van der Waals surface area contributed by atoms with Crippen LogP contribution in [0.4, 0.5) is 0 Å². The zero-order chi connectivity index (χ0) is 8.85. The van der Waals surface area contributed by atoms with Gasteiger partial charge in [-0.2, -0.15) is 0 Å². The quantitative estimate of drug-likeness (QED) is 0.460. The smallest absolute Gasteiger partial charge is 0.0774 e. The number of hydrogen-bond acceptors (Lipinski definition) is 1. The Kier molecular flexibility index (Phi) is 5.26. The molecule has 0 aromatic rings. The maximum atomic E-state index is 5.84. The fourth-order valence-electron chi connectivity index (χ4n) is 0.479. The molecule has 0 aliphatic rings. The zero-order valence-corrected chi connectivity index (χ0v) is 7.95. The van der Waals surface area contributed by atoms with E-state index < -0.39 is 0 Å². The number of alkyl halides is 1. The summed E-state index contributed by atoms with van der Waals surface area (Å²) in [5, 5.41) is -0.0747. The SMILES string of the molecule is C=C(C)COCC(Cl)C(=C)C.